The molecule has 208 valence electrons. The van der Waals surface area contributed by atoms with Crippen LogP contribution in [0.2, 0.25) is 0 Å². The second-order valence-corrected chi connectivity index (χ2v) is 9.51. The van der Waals surface area contributed by atoms with E-state index >= 15 is 0 Å². The number of allylic oxidation sites excluding steroid dienone is 1. The molecule has 0 saturated carbocycles. The SMILES string of the molecule is CCn1c(Cn2ccnc(CC(=O)[C@H](CC/C=C/C(=O)N(C)C)OC(=O)N(C)C)c2=O)cc2cc(F)ccc21. The number of Topliss-reactive ketones (excluding diaryl/α,β-unsaturated/α-hetero) is 1. The number of hydrogen-bond acceptors (Lipinski definition) is 6. The van der Waals surface area contributed by atoms with Gasteiger partial charge in [0.2, 0.25) is 5.91 Å². The van der Waals surface area contributed by atoms with Crippen LogP contribution in [0.3, 0.4) is 0 Å². The van der Waals surface area contributed by atoms with Crippen LogP contribution >= 0.6 is 0 Å². The molecule has 0 radical (unpaired) electrons. The van der Waals surface area contributed by atoms with Gasteiger partial charge in [-0.15, -0.1) is 0 Å². The number of hydrogen-bond donors (Lipinski definition) is 0. The van der Waals surface area contributed by atoms with E-state index in [-0.39, 0.29) is 36.8 Å². The molecule has 0 spiro atoms. The van der Waals surface area contributed by atoms with Gasteiger partial charge in [0.1, 0.15) is 11.5 Å². The zero-order chi connectivity index (χ0) is 28.7. The summed E-state index contributed by atoms with van der Waals surface area (Å²) in [6, 6.07) is 6.39. The molecular formula is C28H34FN5O5. The second-order valence-electron chi connectivity index (χ2n) is 9.51. The minimum absolute atomic E-state index is 0.0249. The predicted octanol–water partition coefficient (Wildman–Crippen LogP) is 3.01. The fourth-order valence-corrected chi connectivity index (χ4v) is 4.09. The summed E-state index contributed by atoms with van der Waals surface area (Å²) < 4.78 is 22.6. The highest BCUT2D eigenvalue weighted by Gasteiger charge is 2.25. The quantitative estimate of drug-likeness (QED) is 0.347. The Hall–Kier alpha value is -4.28. The largest absolute Gasteiger partial charge is 0.438 e. The highest BCUT2D eigenvalue weighted by Crippen LogP contribution is 2.21. The van der Waals surface area contributed by atoms with Crippen molar-refractivity contribution in [1.82, 2.24) is 23.9 Å². The fraction of sp³-hybridized carbons (Fsp3) is 0.393. The van der Waals surface area contributed by atoms with Crippen LogP contribution in [-0.2, 0) is 33.8 Å². The lowest BCUT2D eigenvalue weighted by atomic mass is 10.1. The summed E-state index contributed by atoms with van der Waals surface area (Å²) in [5.41, 5.74) is 1.25. The lowest BCUT2D eigenvalue weighted by Crippen LogP contribution is -2.35. The topological polar surface area (TPSA) is 107 Å². The van der Waals surface area contributed by atoms with E-state index in [0.29, 0.717) is 13.0 Å². The van der Waals surface area contributed by atoms with Gasteiger partial charge >= 0.3 is 6.09 Å². The van der Waals surface area contributed by atoms with Gasteiger partial charge in [0.05, 0.1) is 13.0 Å². The van der Waals surface area contributed by atoms with Crippen molar-refractivity contribution in [2.45, 2.75) is 45.4 Å². The minimum Gasteiger partial charge on any atom is -0.438 e. The number of rotatable bonds is 11. The molecule has 0 aliphatic heterocycles. The Morgan fingerprint density at radius 3 is 2.54 bits per heavy atom. The third-order valence-corrected chi connectivity index (χ3v) is 6.19. The van der Waals surface area contributed by atoms with Crippen LogP contribution in [0.15, 0.2) is 53.6 Å². The summed E-state index contributed by atoms with van der Waals surface area (Å²) in [6.07, 6.45) is 4.29. The van der Waals surface area contributed by atoms with E-state index in [4.69, 9.17) is 4.74 Å². The Morgan fingerprint density at radius 1 is 1.13 bits per heavy atom. The summed E-state index contributed by atoms with van der Waals surface area (Å²) in [5.74, 6) is -1.02. The molecule has 1 atom stereocenters. The van der Waals surface area contributed by atoms with Crippen molar-refractivity contribution in [3.63, 3.8) is 0 Å². The van der Waals surface area contributed by atoms with Crippen LogP contribution in [0.4, 0.5) is 9.18 Å². The highest BCUT2D eigenvalue weighted by atomic mass is 19.1. The van der Waals surface area contributed by atoms with Gasteiger partial charge in [-0.25, -0.2) is 9.18 Å². The molecule has 0 bridgehead atoms. The molecular weight excluding hydrogens is 505 g/mol. The van der Waals surface area contributed by atoms with Gasteiger partial charge < -0.3 is 23.7 Å². The third kappa shape index (κ3) is 7.40. The highest BCUT2D eigenvalue weighted by molar-refractivity contribution is 5.88. The molecule has 2 heterocycles. The fourth-order valence-electron chi connectivity index (χ4n) is 4.09. The molecule has 10 nitrogen and oxygen atoms in total. The summed E-state index contributed by atoms with van der Waals surface area (Å²) in [7, 11) is 6.25. The molecule has 0 aliphatic carbocycles. The molecule has 2 aromatic heterocycles. The Balaban J connectivity index is 1.80. The van der Waals surface area contributed by atoms with Crippen LogP contribution in [0, 0.1) is 5.82 Å². The number of ether oxygens (including phenoxy) is 1. The Kier molecular flexibility index (Phi) is 9.75. The first-order valence-electron chi connectivity index (χ1n) is 12.6. The molecule has 0 unspecified atom stereocenters. The average Bonchev–Trinajstić information content (AvgIpc) is 3.23. The van der Waals surface area contributed by atoms with Gasteiger partial charge in [0, 0.05) is 63.7 Å². The number of carbonyl (C=O) groups is 3. The first-order valence-corrected chi connectivity index (χ1v) is 12.6. The van der Waals surface area contributed by atoms with Crippen LogP contribution < -0.4 is 5.56 Å². The average molecular weight is 540 g/mol. The number of nitrogens with zero attached hydrogens (tertiary/aromatic N) is 5. The molecule has 1 aromatic carbocycles. The van der Waals surface area contributed by atoms with E-state index < -0.39 is 23.5 Å². The number of carbonyl (C=O) groups excluding carboxylic acids is 3. The van der Waals surface area contributed by atoms with E-state index in [0.717, 1.165) is 16.6 Å². The van der Waals surface area contributed by atoms with E-state index in [2.05, 4.69) is 4.98 Å². The molecule has 39 heavy (non-hydrogen) atoms. The smallest absolute Gasteiger partial charge is 0.409 e. The van der Waals surface area contributed by atoms with E-state index in [1.807, 2.05) is 17.6 Å². The lowest BCUT2D eigenvalue weighted by Gasteiger charge is -2.19. The second kappa shape index (κ2) is 13.0. The number of aryl methyl sites for hydroxylation is 1. The molecule has 0 fully saturated rings. The number of ketones is 1. The number of benzene rings is 1. The molecule has 3 aromatic rings. The van der Waals surface area contributed by atoms with Gasteiger partial charge in [0.25, 0.3) is 5.56 Å². The van der Waals surface area contributed by atoms with Crippen molar-refractivity contribution in [3.05, 3.63) is 76.4 Å². The minimum atomic E-state index is -1.12. The first-order chi connectivity index (χ1) is 18.5. The van der Waals surface area contributed by atoms with E-state index in [1.165, 1.54) is 59.1 Å². The number of likely N-dealkylation sites (N-methyl/N-ethyl adjacent to an activating group) is 1. The number of fused-ring (bicyclic) bond motifs is 1. The van der Waals surface area contributed by atoms with Gasteiger partial charge in [-0.1, -0.05) is 6.08 Å². The molecule has 11 heteroatoms. The zero-order valence-electron chi connectivity index (χ0n) is 22.9. The van der Waals surface area contributed by atoms with Crippen molar-refractivity contribution in [3.8, 4) is 0 Å². The van der Waals surface area contributed by atoms with Gasteiger partial charge in [-0.3, -0.25) is 19.4 Å². The maximum atomic E-state index is 13.7. The normalized spacial score (nSPS) is 12.1. The van der Waals surface area contributed by atoms with Crippen molar-refractivity contribution >= 4 is 28.7 Å². The van der Waals surface area contributed by atoms with Gasteiger partial charge in [-0.2, -0.15) is 0 Å². The third-order valence-electron chi connectivity index (χ3n) is 6.19. The molecule has 3 rings (SSSR count). The van der Waals surface area contributed by atoms with Crippen LogP contribution in [-0.4, -0.2) is 76.0 Å². The number of aromatic nitrogens is 3. The Bertz CT molecular complexity index is 1440. The van der Waals surface area contributed by atoms with Crippen molar-refractivity contribution in [2.24, 2.45) is 0 Å². The maximum absolute atomic E-state index is 13.7. The molecule has 0 N–H and O–H groups in total. The zero-order valence-corrected chi connectivity index (χ0v) is 22.9. The number of amides is 2. The summed E-state index contributed by atoms with van der Waals surface area (Å²) >= 11 is 0. The molecule has 2 amide bonds. The Morgan fingerprint density at radius 2 is 1.87 bits per heavy atom. The number of halogens is 1. The molecule has 0 aliphatic rings. The standard InChI is InChI=1S/C28H34FN5O5/c1-6-34-21(16-19-15-20(29)11-12-23(19)34)18-33-14-13-30-22(27(33)37)17-24(35)25(39-28(38)32(4)5)9-7-8-10-26(36)31(2)3/h8,10-16,25H,6-7,9,17-18H2,1-5H3/b10-8+/t25-/m0/s1. The molecule has 0 saturated heterocycles. The van der Waals surface area contributed by atoms with E-state index in [9.17, 15) is 23.6 Å². The predicted molar refractivity (Wildman–Crippen MR) is 145 cm³/mol. The Labute approximate surface area is 226 Å². The van der Waals surface area contributed by atoms with Crippen molar-refractivity contribution < 1.29 is 23.5 Å². The summed E-state index contributed by atoms with van der Waals surface area (Å²) in [4.78, 5) is 57.1. The van der Waals surface area contributed by atoms with Gasteiger partial charge in [0.15, 0.2) is 11.9 Å². The van der Waals surface area contributed by atoms with Gasteiger partial charge in [-0.05, 0) is 50.1 Å². The monoisotopic (exact) mass is 539 g/mol. The van der Waals surface area contributed by atoms with Crippen molar-refractivity contribution in [1.29, 1.82) is 0 Å². The van der Waals surface area contributed by atoms with Crippen molar-refractivity contribution in [2.75, 3.05) is 28.2 Å². The maximum Gasteiger partial charge on any atom is 0.409 e. The van der Waals surface area contributed by atoms with Crippen LogP contribution in [0.1, 0.15) is 31.2 Å². The summed E-state index contributed by atoms with van der Waals surface area (Å²) in [6.45, 7) is 2.80. The first kappa shape index (κ1) is 29.3. The van der Waals surface area contributed by atoms with Crippen LogP contribution in [0.25, 0.3) is 10.9 Å². The summed E-state index contributed by atoms with van der Waals surface area (Å²) in [5, 5.41) is 0.733. The van der Waals surface area contributed by atoms with Crippen LogP contribution in [0.5, 0.6) is 0 Å². The van der Waals surface area contributed by atoms with E-state index in [1.54, 1.807) is 26.2 Å². The lowest BCUT2D eigenvalue weighted by molar-refractivity contribution is -0.127.